The summed E-state index contributed by atoms with van der Waals surface area (Å²) < 4.78 is 30.8. The normalized spacial score (nSPS) is 15.3. The van der Waals surface area contributed by atoms with Gasteiger partial charge in [0.25, 0.3) is 0 Å². The Morgan fingerprint density at radius 3 is 2.44 bits per heavy atom. The van der Waals surface area contributed by atoms with E-state index in [1.54, 1.807) is 6.07 Å². The first kappa shape index (κ1) is 18.0. The van der Waals surface area contributed by atoms with E-state index >= 15 is 0 Å². The average Bonchev–Trinajstić information content (AvgIpc) is 3.20. The maximum Gasteiger partial charge on any atom is 0.205 e. The average molecular weight is 386 g/mol. The minimum atomic E-state index is -0.792. The van der Waals surface area contributed by atoms with E-state index in [-0.39, 0.29) is 0 Å². The maximum absolute atomic E-state index is 13.3. The van der Waals surface area contributed by atoms with Crippen molar-refractivity contribution in [2.75, 3.05) is 37.6 Å². The summed E-state index contributed by atoms with van der Waals surface area (Å²) in [5, 5.41) is 0.953. The van der Waals surface area contributed by atoms with Gasteiger partial charge < -0.3 is 4.90 Å². The predicted octanol–water partition coefficient (Wildman–Crippen LogP) is 3.85. The smallest absolute Gasteiger partial charge is 0.205 e. The van der Waals surface area contributed by atoms with Crippen LogP contribution in [0.3, 0.4) is 0 Å². The van der Waals surface area contributed by atoms with Crippen molar-refractivity contribution in [1.82, 2.24) is 14.3 Å². The van der Waals surface area contributed by atoms with Gasteiger partial charge in [-0.3, -0.25) is 4.90 Å². The Labute approximate surface area is 161 Å². The second kappa shape index (κ2) is 8.10. The van der Waals surface area contributed by atoms with Gasteiger partial charge >= 0.3 is 0 Å². The number of aromatic nitrogens is 2. The van der Waals surface area contributed by atoms with Crippen LogP contribution in [0.2, 0.25) is 0 Å². The maximum atomic E-state index is 13.3. The molecule has 0 spiro atoms. The molecule has 2 aromatic carbocycles. The van der Waals surface area contributed by atoms with Crippen LogP contribution in [0, 0.1) is 11.6 Å². The SMILES string of the molecule is Fc1ccc(CCN2CCN(c3nc(-c4ccccc4)ns3)CC2)cc1F. The zero-order chi connectivity index (χ0) is 18.6. The van der Waals surface area contributed by atoms with E-state index in [4.69, 9.17) is 0 Å². The largest absolute Gasteiger partial charge is 0.344 e. The first-order valence-corrected chi connectivity index (χ1v) is 9.77. The summed E-state index contributed by atoms with van der Waals surface area (Å²) >= 11 is 1.43. The monoisotopic (exact) mass is 386 g/mol. The molecule has 0 amide bonds. The van der Waals surface area contributed by atoms with Gasteiger partial charge in [0.15, 0.2) is 17.5 Å². The summed E-state index contributed by atoms with van der Waals surface area (Å²) in [6.45, 7) is 4.46. The Morgan fingerprint density at radius 1 is 0.926 bits per heavy atom. The van der Waals surface area contributed by atoms with Gasteiger partial charge in [0.05, 0.1) is 0 Å². The summed E-state index contributed by atoms with van der Waals surface area (Å²) in [7, 11) is 0. The van der Waals surface area contributed by atoms with Crippen molar-refractivity contribution in [2.24, 2.45) is 0 Å². The summed E-state index contributed by atoms with van der Waals surface area (Å²) in [6.07, 6.45) is 0.716. The van der Waals surface area contributed by atoms with E-state index in [1.807, 2.05) is 30.3 Å². The molecule has 0 saturated carbocycles. The number of benzene rings is 2. The van der Waals surface area contributed by atoms with Crippen LogP contribution in [-0.4, -0.2) is 47.0 Å². The summed E-state index contributed by atoms with van der Waals surface area (Å²) in [5.41, 5.74) is 1.86. The van der Waals surface area contributed by atoms with Crippen molar-refractivity contribution in [2.45, 2.75) is 6.42 Å². The molecule has 3 aromatic rings. The van der Waals surface area contributed by atoms with E-state index in [2.05, 4.69) is 19.2 Å². The highest BCUT2D eigenvalue weighted by atomic mass is 32.1. The van der Waals surface area contributed by atoms with Crippen LogP contribution in [0.25, 0.3) is 11.4 Å². The highest BCUT2D eigenvalue weighted by Gasteiger charge is 2.20. The number of rotatable bonds is 5. The molecule has 1 fully saturated rings. The van der Waals surface area contributed by atoms with Gasteiger partial charge in [-0.15, -0.1) is 0 Å². The minimum absolute atomic E-state index is 0.716. The Morgan fingerprint density at radius 2 is 1.70 bits per heavy atom. The van der Waals surface area contributed by atoms with Crippen LogP contribution in [-0.2, 0) is 6.42 Å². The van der Waals surface area contributed by atoms with Crippen molar-refractivity contribution < 1.29 is 8.78 Å². The van der Waals surface area contributed by atoms with E-state index in [9.17, 15) is 8.78 Å². The van der Waals surface area contributed by atoms with E-state index in [1.165, 1.54) is 23.7 Å². The zero-order valence-electron chi connectivity index (χ0n) is 14.8. The first-order valence-electron chi connectivity index (χ1n) is 8.99. The van der Waals surface area contributed by atoms with E-state index < -0.39 is 11.6 Å². The highest BCUT2D eigenvalue weighted by Crippen LogP contribution is 2.24. The Balaban J connectivity index is 1.30. The van der Waals surface area contributed by atoms with Crippen LogP contribution in [0.4, 0.5) is 13.9 Å². The fourth-order valence-corrected chi connectivity index (χ4v) is 3.93. The van der Waals surface area contributed by atoms with Crippen molar-refractivity contribution >= 4 is 16.7 Å². The topological polar surface area (TPSA) is 32.3 Å². The fraction of sp³-hybridized carbons (Fsp3) is 0.300. The van der Waals surface area contributed by atoms with Crippen molar-refractivity contribution in [3.05, 3.63) is 65.7 Å². The van der Waals surface area contributed by atoms with Gasteiger partial charge in [0.1, 0.15) is 0 Å². The number of halogens is 2. The van der Waals surface area contributed by atoms with Crippen LogP contribution >= 0.6 is 11.5 Å². The quantitative estimate of drug-likeness (QED) is 0.667. The molecule has 1 aliphatic rings. The number of anilines is 1. The third-order valence-electron chi connectivity index (χ3n) is 4.79. The molecule has 4 rings (SSSR count). The van der Waals surface area contributed by atoms with Crippen LogP contribution < -0.4 is 4.90 Å². The first-order chi connectivity index (χ1) is 13.2. The fourth-order valence-electron chi connectivity index (χ4n) is 3.19. The molecule has 140 valence electrons. The molecule has 0 N–H and O–H groups in total. The lowest BCUT2D eigenvalue weighted by atomic mass is 10.1. The zero-order valence-corrected chi connectivity index (χ0v) is 15.6. The summed E-state index contributed by atoms with van der Waals surface area (Å²) in [6, 6.07) is 14.1. The van der Waals surface area contributed by atoms with Crippen molar-refractivity contribution in [3.8, 4) is 11.4 Å². The van der Waals surface area contributed by atoms with E-state index in [0.29, 0.717) is 6.42 Å². The number of piperazine rings is 1. The lowest BCUT2D eigenvalue weighted by Crippen LogP contribution is -2.47. The molecule has 0 unspecified atom stereocenters. The Hall–Kier alpha value is -2.38. The molecule has 0 aliphatic carbocycles. The molecule has 7 heteroatoms. The van der Waals surface area contributed by atoms with Gasteiger partial charge in [-0.2, -0.15) is 9.36 Å². The van der Waals surface area contributed by atoms with Gasteiger partial charge in [-0.1, -0.05) is 36.4 Å². The highest BCUT2D eigenvalue weighted by molar-refractivity contribution is 7.09. The molecule has 27 heavy (non-hydrogen) atoms. The Kier molecular flexibility index (Phi) is 5.40. The summed E-state index contributed by atoms with van der Waals surface area (Å²) in [5.74, 6) is -0.793. The van der Waals surface area contributed by atoms with Crippen LogP contribution in [0.1, 0.15) is 5.56 Å². The molecule has 0 bridgehead atoms. The van der Waals surface area contributed by atoms with Gasteiger partial charge in [-0.25, -0.2) is 8.78 Å². The molecule has 1 saturated heterocycles. The molecule has 1 aromatic heterocycles. The van der Waals surface area contributed by atoms with E-state index in [0.717, 1.165) is 54.8 Å². The lowest BCUT2D eigenvalue weighted by molar-refractivity contribution is 0.261. The Bertz CT molecular complexity index is 892. The van der Waals surface area contributed by atoms with Crippen molar-refractivity contribution in [3.63, 3.8) is 0 Å². The van der Waals surface area contributed by atoms with Crippen LogP contribution in [0.15, 0.2) is 48.5 Å². The molecule has 0 atom stereocenters. The predicted molar refractivity (Wildman–Crippen MR) is 104 cm³/mol. The van der Waals surface area contributed by atoms with Crippen LogP contribution in [0.5, 0.6) is 0 Å². The minimum Gasteiger partial charge on any atom is -0.344 e. The van der Waals surface area contributed by atoms with Gasteiger partial charge in [0, 0.05) is 49.8 Å². The number of hydrogen-bond acceptors (Lipinski definition) is 5. The molecular formula is C20H20F2N4S. The molecule has 2 heterocycles. The molecule has 1 aliphatic heterocycles. The second-order valence-electron chi connectivity index (χ2n) is 6.59. The van der Waals surface area contributed by atoms with Crippen molar-refractivity contribution in [1.29, 1.82) is 0 Å². The third-order valence-corrected chi connectivity index (χ3v) is 5.57. The second-order valence-corrected chi connectivity index (χ2v) is 7.32. The molecule has 0 radical (unpaired) electrons. The molecular weight excluding hydrogens is 366 g/mol. The standard InChI is InChI=1S/C20H20F2N4S/c21-17-7-6-15(14-18(17)22)8-9-25-10-12-26(13-11-25)20-23-19(24-27-20)16-4-2-1-3-5-16/h1-7,14H,8-13H2. The van der Waals surface area contributed by atoms with Gasteiger partial charge in [0.2, 0.25) is 5.13 Å². The number of nitrogens with zero attached hydrogens (tertiary/aromatic N) is 4. The lowest BCUT2D eigenvalue weighted by Gasteiger charge is -2.34. The van der Waals surface area contributed by atoms with Gasteiger partial charge in [-0.05, 0) is 24.1 Å². The summed E-state index contributed by atoms with van der Waals surface area (Å²) in [4.78, 5) is 9.28. The molecule has 4 nitrogen and oxygen atoms in total. The third kappa shape index (κ3) is 4.31. The number of hydrogen-bond donors (Lipinski definition) is 0.